The van der Waals surface area contributed by atoms with Gasteiger partial charge in [-0.2, -0.15) is 0 Å². The Hall–Kier alpha value is 0. The quantitative estimate of drug-likeness (QED) is 0.517. The lowest BCUT2D eigenvalue weighted by Gasteiger charge is -2.42. The second-order valence-corrected chi connectivity index (χ2v) is 7.31. The molecule has 0 aliphatic heterocycles. The Balaban J connectivity index is 4.88. The van der Waals surface area contributed by atoms with Gasteiger partial charge in [0, 0.05) is 0 Å². The second kappa shape index (κ2) is 6.67. The molecule has 0 fully saturated rings. The summed E-state index contributed by atoms with van der Waals surface area (Å²) in [5.74, 6) is 3.26. The summed E-state index contributed by atoms with van der Waals surface area (Å²) < 4.78 is 0. The minimum absolute atomic E-state index is 0.566. The molecule has 16 heavy (non-hydrogen) atoms. The zero-order valence-corrected chi connectivity index (χ0v) is 12.9. The van der Waals surface area contributed by atoms with Crippen molar-refractivity contribution in [2.24, 2.45) is 29.1 Å². The van der Waals surface area contributed by atoms with E-state index < -0.39 is 0 Å². The summed E-state index contributed by atoms with van der Waals surface area (Å²) in [5, 5.41) is 0. The Morgan fingerprint density at radius 3 is 0.938 bits per heavy atom. The Labute approximate surface area is 104 Å². The SMILES string of the molecule is CC(C)CC(CC(C)C)(CC(C)C)C(C)C. The van der Waals surface area contributed by atoms with Gasteiger partial charge in [0.15, 0.2) is 0 Å². The largest absolute Gasteiger partial charge is 0.0628 e. The molecule has 0 heterocycles. The summed E-state index contributed by atoms with van der Waals surface area (Å²) >= 11 is 0. The maximum absolute atomic E-state index is 2.42. The summed E-state index contributed by atoms with van der Waals surface area (Å²) in [6.07, 6.45) is 4.17. The molecule has 0 radical (unpaired) electrons. The normalized spacial score (nSPS) is 13.5. The first-order valence-corrected chi connectivity index (χ1v) is 7.19. The maximum atomic E-state index is 2.42. The molecular formula is C16H34. The molecule has 0 bridgehead atoms. The van der Waals surface area contributed by atoms with E-state index >= 15 is 0 Å². The van der Waals surface area contributed by atoms with Crippen LogP contribution < -0.4 is 0 Å². The van der Waals surface area contributed by atoms with Crippen LogP contribution in [0, 0.1) is 29.1 Å². The molecule has 0 N–H and O–H groups in total. The van der Waals surface area contributed by atoms with E-state index in [1.807, 2.05) is 0 Å². The van der Waals surface area contributed by atoms with Gasteiger partial charge >= 0.3 is 0 Å². The van der Waals surface area contributed by atoms with Crippen molar-refractivity contribution in [1.29, 1.82) is 0 Å². The van der Waals surface area contributed by atoms with Crippen molar-refractivity contribution < 1.29 is 0 Å². The molecule has 0 nitrogen and oxygen atoms in total. The summed E-state index contributed by atoms with van der Waals surface area (Å²) in [5.41, 5.74) is 0.566. The first kappa shape index (κ1) is 16.0. The molecule has 0 aromatic carbocycles. The smallest absolute Gasteiger partial charge is 0.0267 e. The predicted octanol–water partition coefficient (Wildman–Crippen LogP) is 5.77. The molecule has 0 spiro atoms. The average molecular weight is 226 g/mol. The van der Waals surface area contributed by atoms with Crippen LogP contribution in [-0.4, -0.2) is 0 Å². The third-order valence-electron chi connectivity index (χ3n) is 3.67. The standard InChI is InChI=1S/C16H34/c1-12(2)9-16(15(7)8,10-13(3)4)11-14(5)6/h12-15H,9-11H2,1-8H3. The zero-order valence-electron chi connectivity index (χ0n) is 12.9. The van der Waals surface area contributed by atoms with E-state index in [0.717, 1.165) is 23.7 Å². The van der Waals surface area contributed by atoms with Gasteiger partial charge in [0.25, 0.3) is 0 Å². The lowest BCUT2D eigenvalue weighted by atomic mass is 9.63. The highest BCUT2D eigenvalue weighted by molar-refractivity contribution is 4.85. The van der Waals surface area contributed by atoms with Crippen molar-refractivity contribution >= 4 is 0 Å². The molecule has 0 heteroatoms. The molecule has 0 saturated carbocycles. The van der Waals surface area contributed by atoms with Crippen LogP contribution in [0.15, 0.2) is 0 Å². The molecule has 0 aromatic rings. The van der Waals surface area contributed by atoms with Gasteiger partial charge in [-0.3, -0.25) is 0 Å². The van der Waals surface area contributed by atoms with E-state index in [1.165, 1.54) is 19.3 Å². The lowest BCUT2D eigenvalue weighted by molar-refractivity contribution is 0.0821. The van der Waals surface area contributed by atoms with Crippen LogP contribution in [0.4, 0.5) is 0 Å². The highest BCUT2D eigenvalue weighted by Crippen LogP contribution is 2.45. The average Bonchev–Trinajstić information content (AvgIpc) is 1.98. The van der Waals surface area contributed by atoms with Crippen molar-refractivity contribution in [3.63, 3.8) is 0 Å². The molecule has 0 unspecified atom stereocenters. The summed E-state index contributed by atoms with van der Waals surface area (Å²) in [6, 6.07) is 0. The summed E-state index contributed by atoms with van der Waals surface area (Å²) in [4.78, 5) is 0. The lowest BCUT2D eigenvalue weighted by Crippen LogP contribution is -2.32. The molecule has 98 valence electrons. The molecule has 0 saturated heterocycles. The van der Waals surface area contributed by atoms with E-state index in [0.29, 0.717) is 5.41 Å². The zero-order chi connectivity index (χ0) is 12.9. The Morgan fingerprint density at radius 2 is 0.812 bits per heavy atom. The van der Waals surface area contributed by atoms with Gasteiger partial charge in [-0.05, 0) is 48.3 Å². The van der Waals surface area contributed by atoms with Crippen LogP contribution in [0.5, 0.6) is 0 Å². The maximum Gasteiger partial charge on any atom is -0.0267 e. The van der Waals surface area contributed by atoms with Gasteiger partial charge in [-0.1, -0.05) is 55.4 Å². The Morgan fingerprint density at radius 1 is 0.562 bits per heavy atom. The van der Waals surface area contributed by atoms with Crippen molar-refractivity contribution in [3.05, 3.63) is 0 Å². The second-order valence-electron chi connectivity index (χ2n) is 7.31. The fourth-order valence-electron chi connectivity index (χ4n) is 3.40. The highest BCUT2D eigenvalue weighted by atomic mass is 14.4. The minimum Gasteiger partial charge on any atom is -0.0628 e. The van der Waals surface area contributed by atoms with E-state index in [9.17, 15) is 0 Å². The molecule has 0 amide bonds. The van der Waals surface area contributed by atoms with E-state index in [2.05, 4.69) is 55.4 Å². The van der Waals surface area contributed by atoms with Crippen LogP contribution >= 0.6 is 0 Å². The van der Waals surface area contributed by atoms with Crippen LogP contribution in [0.1, 0.15) is 74.7 Å². The Kier molecular flexibility index (Phi) is 6.67. The Bertz CT molecular complexity index is 148. The van der Waals surface area contributed by atoms with E-state index in [1.54, 1.807) is 0 Å². The molecular weight excluding hydrogens is 192 g/mol. The number of hydrogen-bond donors (Lipinski definition) is 0. The monoisotopic (exact) mass is 226 g/mol. The number of hydrogen-bond acceptors (Lipinski definition) is 0. The van der Waals surface area contributed by atoms with Gasteiger partial charge in [-0.25, -0.2) is 0 Å². The molecule has 0 aromatic heterocycles. The summed E-state index contributed by atoms with van der Waals surface area (Å²) in [7, 11) is 0. The third-order valence-corrected chi connectivity index (χ3v) is 3.67. The van der Waals surface area contributed by atoms with Gasteiger partial charge in [-0.15, -0.1) is 0 Å². The molecule has 0 aliphatic rings. The van der Waals surface area contributed by atoms with E-state index in [4.69, 9.17) is 0 Å². The van der Waals surface area contributed by atoms with Crippen molar-refractivity contribution in [3.8, 4) is 0 Å². The molecule has 0 aliphatic carbocycles. The topological polar surface area (TPSA) is 0 Å². The van der Waals surface area contributed by atoms with Gasteiger partial charge < -0.3 is 0 Å². The van der Waals surface area contributed by atoms with Gasteiger partial charge in [0.05, 0.1) is 0 Å². The van der Waals surface area contributed by atoms with Gasteiger partial charge in [0.1, 0.15) is 0 Å². The minimum atomic E-state index is 0.566. The molecule has 0 atom stereocenters. The first-order valence-electron chi connectivity index (χ1n) is 7.19. The first-order chi connectivity index (χ1) is 7.19. The fraction of sp³-hybridized carbons (Fsp3) is 1.00. The van der Waals surface area contributed by atoms with Gasteiger partial charge in [0.2, 0.25) is 0 Å². The van der Waals surface area contributed by atoms with Crippen LogP contribution in [0.3, 0.4) is 0 Å². The van der Waals surface area contributed by atoms with Crippen molar-refractivity contribution in [1.82, 2.24) is 0 Å². The van der Waals surface area contributed by atoms with Crippen molar-refractivity contribution in [2.45, 2.75) is 74.7 Å². The highest BCUT2D eigenvalue weighted by Gasteiger charge is 2.35. The van der Waals surface area contributed by atoms with Crippen molar-refractivity contribution in [2.75, 3.05) is 0 Å². The number of rotatable bonds is 7. The van der Waals surface area contributed by atoms with E-state index in [-0.39, 0.29) is 0 Å². The molecule has 0 rings (SSSR count). The van der Waals surface area contributed by atoms with Crippen LogP contribution in [-0.2, 0) is 0 Å². The van der Waals surface area contributed by atoms with Crippen LogP contribution in [0.25, 0.3) is 0 Å². The predicted molar refractivity (Wildman–Crippen MR) is 75.6 cm³/mol. The van der Waals surface area contributed by atoms with Crippen LogP contribution in [0.2, 0.25) is 0 Å². The third kappa shape index (κ3) is 5.37. The fourth-order valence-corrected chi connectivity index (χ4v) is 3.40. The summed E-state index contributed by atoms with van der Waals surface area (Å²) in [6.45, 7) is 19.1.